The third-order valence-corrected chi connectivity index (χ3v) is 2.37. The highest BCUT2D eigenvalue weighted by Crippen LogP contribution is 2.32. The van der Waals surface area contributed by atoms with E-state index in [1.807, 2.05) is 14.1 Å². The molecule has 0 unspecified atom stereocenters. The van der Waals surface area contributed by atoms with E-state index < -0.39 is 0 Å². The molecule has 0 spiro atoms. The molecule has 0 N–H and O–H groups in total. The van der Waals surface area contributed by atoms with Crippen LogP contribution in [-0.2, 0) is 4.84 Å². The van der Waals surface area contributed by atoms with E-state index >= 15 is 0 Å². The second-order valence-corrected chi connectivity index (χ2v) is 3.99. The highest BCUT2D eigenvalue weighted by Gasteiger charge is 2.22. The molecule has 0 saturated carbocycles. The third-order valence-electron chi connectivity index (χ3n) is 2.37. The van der Waals surface area contributed by atoms with Gasteiger partial charge < -0.3 is 9.74 Å². The van der Waals surface area contributed by atoms with Crippen molar-refractivity contribution in [2.75, 3.05) is 27.2 Å². The second kappa shape index (κ2) is 4.45. The molecular weight excluding hydrogens is 188 g/mol. The first-order valence-corrected chi connectivity index (χ1v) is 5.20. The highest BCUT2D eigenvalue weighted by atomic mass is 16.6. The van der Waals surface area contributed by atoms with Gasteiger partial charge in [0.15, 0.2) is 0 Å². The van der Waals surface area contributed by atoms with Gasteiger partial charge in [-0.25, -0.2) is 0 Å². The monoisotopic (exact) mass is 204 g/mol. The van der Waals surface area contributed by atoms with Gasteiger partial charge in [-0.3, -0.25) is 0 Å². The largest absolute Gasteiger partial charge is 0.394 e. The number of likely N-dealkylation sites (N-methyl/N-ethyl adjacent to an activating group) is 1. The maximum absolute atomic E-state index is 5.28. The van der Waals surface area contributed by atoms with E-state index in [-0.39, 0.29) is 0 Å². The summed E-state index contributed by atoms with van der Waals surface area (Å²) in [7, 11) is 4.05. The van der Waals surface area contributed by atoms with Crippen molar-refractivity contribution in [2.24, 2.45) is 5.16 Å². The molecular formula is C12H16N2O. The van der Waals surface area contributed by atoms with Gasteiger partial charge in [0.1, 0.15) is 6.61 Å². The van der Waals surface area contributed by atoms with Crippen molar-refractivity contribution in [1.29, 1.82) is 0 Å². The van der Waals surface area contributed by atoms with Crippen LogP contribution in [0.1, 0.15) is 6.42 Å². The molecule has 0 fully saturated rings. The first kappa shape index (κ1) is 10.2. The Labute approximate surface area is 90.4 Å². The van der Waals surface area contributed by atoms with Crippen LogP contribution in [0.5, 0.6) is 0 Å². The van der Waals surface area contributed by atoms with Crippen LogP contribution < -0.4 is 0 Å². The van der Waals surface area contributed by atoms with E-state index in [2.05, 4.69) is 34.4 Å². The zero-order valence-electron chi connectivity index (χ0n) is 9.23. The lowest BCUT2D eigenvalue weighted by Crippen LogP contribution is -2.17. The van der Waals surface area contributed by atoms with E-state index in [4.69, 9.17) is 4.84 Å². The van der Waals surface area contributed by atoms with Gasteiger partial charge >= 0.3 is 0 Å². The van der Waals surface area contributed by atoms with Crippen molar-refractivity contribution in [2.45, 2.75) is 6.42 Å². The Bertz CT molecular complexity index is 362. The van der Waals surface area contributed by atoms with Gasteiger partial charge in [-0.1, -0.05) is 23.4 Å². The standard InChI is InChI=1S/C12H16N2O/c1-14(2)7-8-15-13-12-6-4-3-5-10-9-11(10)12/h3-5,9H,6-8H2,1-2H3. The number of hydrogen-bond acceptors (Lipinski definition) is 3. The smallest absolute Gasteiger partial charge is 0.129 e. The summed E-state index contributed by atoms with van der Waals surface area (Å²) in [5.41, 5.74) is 3.59. The number of rotatable bonds is 4. The van der Waals surface area contributed by atoms with E-state index in [1.165, 1.54) is 11.1 Å². The molecule has 0 bridgehead atoms. The molecule has 0 heterocycles. The maximum atomic E-state index is 5.28. The minimum atomic E-state index is 0.645. The summed E-state index contributed by atoms with van der Waals surface area (Å²) in [5.74, 6) is 0. The normalized spacial score (nSPS) is 20.9. The van der Waals surface area contributed by atoms with Gasteiger partial charge in [-0.15, -0.1) is 0 Å². The van der Waals surface area contributed by atoms with Gasteiger partial charge in [0, 0.05) is 18.5 Å². The molecule has 3 nitrogen and oxygen atoms in total. The Morgan fingerprint density at radius 2 is 2.33 bits per heavy atom. The Morgan fingerprint density at radius 1 is 1.47 bits per heavy atom. The van der Waals surface area contributed by atoms with Crippen molar-refractivity contribution < 1.29 is 4.84 Å². The topological polar surface area (TPSA) is 24.8 Å². The molecule has 15 heavy (non-hydrogen) atoms. The molecule has 0 aliphatic heterocycles. The van der Waals surface area contributed by atoms with Gasteiger partial charge in [0.25, 0.3) is 0 Å². The van der Waals surface area contributed by atoms with Crippen LogP contribution in [-0.4, -0.2) is 37.9 Å². The van der Waals surface area contributed by atoms with Crippen LogP contribution in [0.4, 0.5) is 0 Å². The fourth-order valence-corrected chi connectivity index (χ4v) is 1.40. The minimum Gasteiger partial charge on any atom is -0.394 e. The van der Waals surface area contributed by atoms with Crippen LogP contribution in [0.3, 0.4) is 0 Å². The SMILES string of the molecule is CN(C)CCON=C1CC=CC=C2C=C21. The minimum absolute atomic E-state index is 0.645. The van der Waals surface area contributed by atoms with Crippen LogP contribution in [0, 0.1) is 0 Å². The van der Waals surface area contributed by atoms with Crippen molar-refractivity contribution in [3.05, 3.63) is 35.5 Å². The van der Waals surface area contributed by atoms with Gasteiger partial charge in [-0.2, -0.15) is 0 Å². The summed E-state index contributed by atoms with van der Waals surface area (Å²) in [5, 5.41) is 4.17. The summed E-state index contributed by atoms with van der Waals surface area (Å²) < 4.78 is 0. The number of hydrogen-bond donors (Lipinski definition) is 0. The van der Waals surface area contributed by atoms with E-state index in [0.29, 0.717) is 6.61 Å². The van der Waals surface area contributed by atoms with Crippen LogP contribution in [0.25, 0.3) is 0 Å². The van der Waals surface area contributed by atoms with E-state index in [9.17, 15) is 0 Å². The average Bonchev–Trinajstić information content (AvgIpc) is 2.92. The first-order valence-electron chi connectivity index (χ1n) is 5.20. The van der Waals surface area contributed by atoms with Crippen molar-refractivity contribution in [3.8, 4) is 0 Å². The van der Waals surface area contributed by atoms with Crippen LogP contribution >= 0.6 is 0 Å². The molecule has 2 aliphatic rings. The fraction of sp³-hybridized carbons (Fsp3) is 0.417. The number of oxime groups is 1. The summed E-state index contributed by atoms with van der Waals surface area (Å²) >= 11 is 0. The lowest BCUT2D eigenvalue weighted by Gasteiger charge is -2.07. The fourth-order valence-electron chi connectivity index (χ4n) is 1.40. The quantitative estimate of drug-likeness (QED) is 0.515. The van der Waals surface area contributed by atoms with Crippen molar-refractivity contribution >= 4 is 5.71 Å². The number of fused-ring (bicyclic) bond motifs is 1. The summed E-state index contributed by atoms with van der Waals surface area (Å²) in [4.78, 5) is 7.36. The zero-order valence-corrected chi connectivity index (χ0v) is 9.23. The molecule has 0 radical (unpaired) electrons. The maximum Gasteiger partial charge on any atom is 0.129 e. The predicted molar refractivity (Wildman–Crippen MR) is 61.9 cm³/mol. The Balaban J connectivity index is 1.83. The van der Waals surface area contributed by atoms with Crippen LogP contribution in [0.2, 0.25) is 0 Å². The Hall–Kier alpha value is -1.35. The lowest BCUT2D eigenvalue weighted by molar-refractivity contribution is 0.126. The predicted octanol–water partition coefficient (Wildman–Crippen LogP) is 1.75. The van der Waals surface area contributed by atoms with Gasteiger partial charge in [-0.05, 0) is 25.7 Å². The van der Waals surface area contributed by atoms with E-state index in [0.717, 1.165) is 18.7 Å². The molecule has 0 aromatic rings. The molecule has 2 rings (SSSR count). The molecule has 0 aromatic carbocycles. The number of allylic oxidation sites excluding steroid dienone is 6. The molecule has 2 aliphatic carbocycles. The third kappa shape index (κ3) is 2.80. The Kier molecular flexibility index (Phi) is 3.02. The van der Waals surface area contributed by atoms with E-state index in [1.54, 1.807) is 0 Å². The van der Waals surface area contributed by atoms with Gasteiger partial charge in [0.05, 0.1) is 5.71 Å². The molecule has 0 aromatic heterocycles. The van der Waals surface area contributed by atoms with Crippen molar-refractivity contribution in [1.82, 2.24) is 4.90 Å². The second-order valence-electron chi connectivity index (χ2n) is 3.99. The van der Waals surface area contributed by atoms with Crippen molar-refractivity contribution in [3.63, 3.8) is 0 Å². The summed E-state index contributed by atoms with van der Waals surface area (Å²) in [6.07, 6.45) is 9.29. The number of nitrogens with zero attached hydrogens (tertiary/aromatic N) is 2. The van der Waals surface area contributed by atoms with Crippen LogP contribution in [0.15, 0.2) is 40.6 Å². The molecule has 0 amide bonds. The molecule has 80 valence electrons. The molecule has 0 saturated heterocycles. The highest BCUT2D eigenvalue weighted by molar-refractivity contribution is 6.11. The zero-order chi connectivity index (χ0) is 10.7. The lowest BCUT2D eigenvalue weighted by atomic mass is 10.2. The average molecular weight is 204 g/mol. The first-order chi connectivity index (χ1) is 7.27. The Morgan fingerprint density at radius 3 is 3.13 bits per heavy atom. The summed E-state index contributed by atoms with van der Waals surface area (Å²) in [6.45, 7) is 1.54. The van der Waals surface area contributed by atoms with Gasteiger partial charge in [0.2, 0.25) is 0 Å². The molecule has 3 heteroatoms. The summed E-state index contributed by atoms with van der Waals surface area (Å²) in [6, 6.07) is 0. The molecule has 0 atom stereocenters.